The molecule has 2 N–H and O–H groups in total. The fourth-order valence-corrected chi connectivity index (χ4v) is 3.70. The van der Waals surface area contributed by atoms with Crippen molar-refractivity contribution >= 4 is 33.0 Å². The molecule has 1 aromatic carbocycles. The summed E-state index contributed by atoms with van der Waals surface area (Å²) >= 11 is 5.11. The minimum atomic E-state index is 0.740. The van der Waals surface area contributed by atoms with Crippen LogP contribution in [0.2, 0.25) is 0 Å². The smallest absolute Gasteiger partial charge is 0.125 e. The number of anilines is 1. The second-order valence-electron chi connectivity index (χ2n) is 4.91. The number of nitrogens with zero attached hydrogens (tertiary/aromatic N) is 2. The van der Waals surface area contributed by atoms with Gasteiger partial charge in [0.15, 0.2) is 0 Å². The van der Waals surface area contributed by atoms with E-state index in [4.69, 9.17) is 5.73 Å². The molecule has 0 spiro atoms. The molecule has 0 saturated heterocycles. The molecule has 0 radical (unpaired) electrons. The number of halogens is 1. The van der Waals surface area contributed by atoms with Crippen LogP contribution in [-0.2, 0) is 13.0 Å². The van der Waals surface area contributed by atoms with Gasteiger partial charge in [-0.25, -0.2) is 0 Å². The third-order valence-corrected chi connectivity index (χ3v) is 4.98. The van der Waals surface area contributed by atoms with E-state index < -0.39 is 0 Å². The maximum atomic E-state index is 6.07. The number of thiophene rings is 1. The van der Waals surface area contributed by atoms with E-state index in [0.717, 1.165) is 40.1 Å². The molecule has 0 bridgehead atoms. The van der Waals surface area contributed by atoms with Crippen molar-refractivity contribution in [3.63, 3.8) is 0 Å². The molecule has 108 valence electrons. The first-order chi connectivity index (χ1) is 10.2. The van der Waals surface area contributed by atoms with Gasteiger partial charge in [0.05, 0.1) is 10.6 Å². The van der Waals surface area contributed by atoms with E-state index in [1.54, 1.807) is 11.3 Å². The van der Waals surface area contributed by atoms with E-state index >= 15 is 0 Å². The lowest BCUT2D eigenvalue weighted by Crippen LogP contribution is -2.00. The van der Waals surface area contributed by atoms with Crippen LogP contribution >= 0.6 is 27.3 Å². The molecular weight excluding hydrogens is 346 g/mol. The molecule has 0 aliphatic heterocycles. The Morgan fingerprint density at radius 1 is 1.24 bits per heavy atom. The van der Waals surface area contributed by atoms with Crippen molar-refractivity contribution in [2.24, 2.45) is 0 Å². The molecule has 0 saturated carbocycles. The van der Waals surface area contributed by atoms with Gasteiger partial charge in [-0.05, 0) is 40.4 Å². The van der Waals surface area contributed by atoms with Gasteiger partial charge in [0.2, 0.25) is 0 Å². The Hall–Kier alpha value is -1.59. The van der Waals surface area contributed by atoms with Crippen molar-refractivity contribution in [2.75, 3.05) is 5.73 Å². The van der Waals surface area contributed by atoms with Crippen LogP contribution < -0.4 is 5.73 Å². The monoisotopic (exact) mass is 361 g/mol. The largest absolute Gasteiger partial charge is 0.396 e. The van der Waals surface area contributed by atoms with E-state index in [9.17, 15) is 0 Å². The topological polar surface area (TPSA) is 43.8 Å². The van der Waals surface area contributed by atoms with Crippen LogP contribution in [0.15, 0.2) is 52.4 Å². The Morgan fingerprint density at radius 2 is 2.05 bits per heavy atom. The molecular formula is C16H16BrN3S. The second kappa shape index (κ2) is 6.45. The van der Waals surface area contributed by atoms with Crippen LogP contribution in [0.3, 0.4) is 0 Å². The number of hydrogen-bond donors (Lipinski definition) is 1. The van der Waals surface area contributed by atoms with Gasteiger partial charge in [-0.15, -0.1) is 11.3 Å². The molecule has 0 fully saturated rings. The van der Waals surface area contributed by atoms with Gasteiger partial charge >= 0.3 is 0 Å². The van der Waals surface area contributed by atoms with Crippen LogP contribution in [0.5, 0.6) is 0 Å². The van der Waals surface area contributed by atoms with Crippen LogP contribution in [-0.4, -0.2) is 9.78 Å². The molecule has 0 aliphatic carbocycles. The SMILES string of the molecule is Nc1cn(CCCc2ccccc2)nc1-c1cc(Br)cs1. The van der Waals surface area contributed by atoms with Crippen molar-refractivity contribution in [2.45, 2.75) is 19.4 Å². The third kappa shape index (κ3) is 3.54. The first-order valence-corrected chi connectivity index (χ1v) is 8.51. The molecule has 3 rings (SSSR count). The molecule has 0 atom stereocenters. The first-order valence-electron chi connectivity index (χ1n) is 6.83. The summed E-state index contributed by atoms with van der Waals surface area (Å²) < 4.78 is 3.02. The van der Waals surface area contributed by atoms with Gasteiger partial charge in [0, 0.05) is 22.6 Å². The number of rotatable bonds is 5. The minimum absolute atomic E-state index is 0.740. The number of aryl methyl sites for hydroxylation is 2. The fraction of sp³-hybridized carbons (Fsp3) is 0.188. The van der Waals surface area contributed by atoms with E-state index in [-0.39, 0.29) is 0 Å². The van der Waals surface area contributed by atoms with E-state index in [1.807, 2.05) is 22.3 Å². The molecule has 2 heterocycles. The molecule has 2 aromatic heterocycles. The van der Waals surface area contributed by atoms with Crippen molar-refractivity contribution in [1.29, 1.82) is 0 Å². The average Bonchev–Trinajstić information content (AvgIpc) is 3.06. The highest BCUT2D eigenvalue weighted by atomic mass is 79.9. The van der Waals surface area contributed by atoms with Gasteiger partial charge in [-0.1, -0.05) is 30.3 Å². The van der Waals surface area contributed by atoms with Gasteiger partial charge in [0.1, 0.15) is 5.69 Å². The first kappa shape index (κ1) is 14.4. The summed E-state index contributed by atoms with van der Waals surface area (Å²) in [6.45, 7) is 0.881. The number of nitrogens with two attached hydrogens (primary N) is 1. The van der Waals surface area contributed by atoms with Crippen molar-refractivity contribution in [3.8, 4) is 10.6 Å². The van der Waals surface area contributed by atoms with Crippen LogP contribution in [0.1, 0.15) is 12.0 Å². The lowest BCUT2D eigenvalue weighted by Gasteiger charge is -2.02. The zero-order chi connectivity index (χ0) is 14.7. The number of aromatic nitrogens is 2. The summed E-state index contributed by atoms with van der Waals surface area (Å²) in [4.78, 5) is 1.10. The predicted molar refractivity (Wildman–Crippen MR) is 92.4 cm³/mol. The summed E-state index contributed by atoms with van der Waals surface area (Å²) in [7, 11) is 0. The highest BCUT2D eigenvalue weighted by Gasteiger charge is 2.10. The molecule has 21 heavy (non-hydrogen) atoms. The Bertz CT molecular complexity index is 718. The molecule has 0 amide bonds. The average molecular weight is 362 g/mol. The summed E-state index contributed by atoms with van der Waals surface area (Å²) in [6.07, 6.45) is 4.03. The fourth-order valence-electron chi connectivity index (χ4n) is 2.27. The van der Waals surface area contributed by atoms with Gasteiger partial charge < -0.3 is 5.73 Å². The van der Waals surface area contributed by atoms with E-state index in [1.165, 1.54) is 5.56 Å². The van der Waals surface area contributed by atoms with Crippen LogP contribution in [0.4, 0.5) is 5.69 Å². The molecule has 3 aromatic rings. The minimum Gasteiger partial charge on any atom is -0.396 e. The van der Waals surface area contributed by atoms with Crippen molar-refractivity contribution < 1.29 is 0 Å². The second-order valence-corrected chi connectivity index (χ2v) is 6.74. The summed E-state index contributed by atoms with van der Waals surface area (Å²) in [6, 6.07) is 12.6. The maximum absolute atomic E-state index is 6.07. The van der Waals surface area contributed by atoms with Gasteiger partial charge in [0.25, 0.3) is 0 Å². The third-order valence-electron chi connectivity index (χ3n) is 3.29. The molecule has 5 heteroatoms. The van der Waals surface area contributed by atoms with Crippen LogP contribution in [0, 0.1) is 0 Å². The van der Waals surface area contributed by atoms with Gasteiger partial charge in [-0.2, -0.15) is 5.10 Å². The normalized spacial score (nSPS) is 10.9. The Labute approximate surface area is 136 Å². The zero-order valence-corrected chi connectivity index (χ0v) is 13.9. The quantitative estimate of drug-likeness (QED) is 0.722. The Morgan fingerprint density at radius 3 is 2.76 bits per heavy atom. The highest BCUT2D eigenvalue weighted by Crippen LogP contribution is 2.32. The number of benzene rings is 1. The number of hydrogen-bond acceptors (Lipinski definition) is 3. The lowest BCUT2D eigenvalue weighted by molar-refractivity contribution is 0.580. The summed E-state index contributed by atoms with van der Waals surface area (Å²) in [5.74, 6) is 0. The molecule has 3 nitrogen and oxygen atoms in total. The van der Waals surface area contributed by atoms with E-state index in [0.29, 0.717) is 0 Å². The summed E-state index contributed by atoms with van der Waals surface area (Å²) in [5, 5.41) is 6.65. The Kier molecular flexibility index (Phi) is 4.41. The maximum Gasteiger partial charge on any atom is 0.125 e. The zero-order valence-electron chi connectivity index (χ0n) is 11.5. The summed E-state index contributed by atoms with van der Waals surface area (Å²) in [5.41, 5.74) is 9.05. The lowest BCUT2D eigenvalue weighted by atomic mass is 10.1. The van der Waals surface area contributed by atoms with Crippen molar-refractivity contribution in [1.82, 2.24) is 9.78 Å². The molecule has 0 unspecified atom stereocenters. The van der Waals surface area contributed by atoms with Crippen molar-refractivity contribution in [3.05, 3.63) is 58.0 Å². The standard InChI is InChI=1S/C16H16BrN3S/c17-13-9-15(21-11-13)16-14(18)10-20(19-16)8-4-7-12-5-2-1-3-6-12/h1-3,5-6,9-11H,4,7-8,18H2. The number of nitrogen functional groups attached to an aromatic ring is 1. The molecule has 0 aliphatic rings. The highest BCUT2D eigenvalue weighted by molar-refractivity contribution is 9.10. The van der Waals surface area contributed by atoms with Crippen LogP contribution in [0.25, 0.3) is 10.6 Å². The van der Waals surface area contributed by atoms with Gasteiger partial charge in [-0.3, -0.25) is 4.68 Å². The predicted octanol–water partition coefficient (Wildman–Crippen LogP) is 4.59. The Balaban J connectivity index is 1.64. The van der Waals surface area contributed by atoms with E-state index in [2.05, 4.69) is 51.4 Å².